The molecule has 1 unspecified atom stereocenters. The van der Waals surface area contributed by atoms with Crippen LogP contribution in [0.25, 0.3) is 5.69 Å². The van der Waals surface area contributed by atoms with Gasteiger partial charge in [-0.15, -0.1) is 0 Å². The molecule has 2 heterocycles. The first kappa shape index (κ1) is 16.5. The summed E-state index contributed by atoms with van der Waals surface area (Å²) < 4.78 is 1.81. The number of carbonyl (C=O) groups is 1. The molecule has 128 valence electrons. The van der Waals surface area contributed by atoms with E-state index in [1.54, 1.807) is 6.20 Å². The molecule has 0 aliphatic carbocycles. The van der Waals surface area contributed by atoms with E-state index in [-0.39, 0.29) is 12.1 Å². The average Bonchev–Trinajstić information content (AvgIpc) is 3.23. The largest absolute Gasteiger partial charge is 0.334 e. The van der Waals surface area contributed by atoms with Crippen LogP contribution in [0.5, 0.6) is 0 Å². The van der Waals surface area contributed by atoms with Crippen molar-refractivity contribution in [3.63, 3.8) is 0 Å². The molecular formula is C18H25N5O. The number of carbonyl (C=O) groups excluding carboxylic acids is 1. The van der Waals surface area contributed by atoms with Gasteiger partial charge >= 0.3 is 6.03 Å². The Kier molecular flexibility index (Phi) is 5.15. The first-order valence-corrected chi connectivity index (χ1v) is 8.49. The molecule has 0 bridgehead atoms. The number of hydrogen-bond acceptors (Lipinski definition) is 3. The summed E-state index contributed by atoms with van der Waals surface area (Å²) in [5, 5.41) is 10.3. The third kappa shape index (κ3) is 4.14. The molecule has 1 aliphatic rings. The lowest BCUT2D eigenvalue weighted by molar-refractivity contribution is 0.233. The number of nitrogens with one attached hydrogen (secondary N) is 2. The Labute approximate surface area is 142 Å². The maximum Gasteiger partial charge on any atom is 0.315 e. The standard InChI is InChI=1S/C18H25N5O/c1-14(2)22-9-8-16(13-22)21-18(24)19-10-15-11-20-23(12-15)17-6-4-3-5-7-17/h3-7,11-12,14,16H,8-10,13H2,1-2H3,(H2,19,21,24). The zero-order valence-corrected chi connectivity index (χ0v) is 14.3. The summed E-state index contributed by atoms with van der Waals surface area (Å²) in [5.74, 6) is 0. The van der Waals surface area contributed by atoms with Gasteiger partial charge in [0.25, 0.3) is 0 Å². The van der Waals surface area contributed by atoms with Crippen LogP contribution in [-0.2, 0) is 6.54 Å². The molecule has 6 heteroatoms. The van der Waals surface area contributed by atoms with Crippen molar-refractivity contribution in [1.82, 2.24) is 25.3 Å². The third-order valence-electron chi connectivity index (χ3n) is 4.40. The molecule has 2 amide bonds. The van der Waals surface area contributed by atoms with E-state index in [9.17, 15) is 4.79 Å². The summed E-state index contributed by atoms with van der Waals surface area (Å²) in [7, 11) is 0. The first-order chi connectivity index (χ1) is 11.6. The van der Waals surface area contributed by atoms with Gasteiger partial charge in [-0.3, -0.25) is 4.90 Å². The molecule has 3 rings (SSSR count). The molecule has 0 spiro atoms. The second-order valence-electron chi connectivity index (χ2n) is 6.53. The molecule has 1 aliphatic heterocycles. The Hall–Kier alpha value is -2.34. The highest BCUT2D eigenvalue weighted by Gasteiger charge is 2.25. The number of hydrogen-bond donors (Lipinski definition) is 2. The fourth-order valence-corrected chi connectivity index (χ4v) is 2.97. The number of para-hydroxylation sites is 1. The maximum atomic E-state index is 12.1. The van der Waals surface area contributed by atoms with E-state index in [1.165, 1.54) is 0 Å². The molecule has 1 fully saturated rings. The first-order valence-electron chi connectivity index (χ1n) is 8.49. The van der Waals surface area contributed by atoms with Crippen molar-refractivity contribution in [3.8, 4) is 5.69 Å². The van der Waals surface area contributed by atoms with Gasteiger partial charge in [0.2, 0.25) is 0 Å². The Bertz CT molecular complexity index is 667. The van der Waals surface area contributed by atoms with Crippen molar-refractivity contribution in [2.24, 2.45) is 0 Å². The van der Waals surface area contributed by atoms with E-state index in [4.69, 9.17) is 0 Å². The quantitative estimate of drug-likeness (QED) is 0.884. The smallest absolute Gasteiger partial charge is 0.315 e. The highest BCUT2D eigenvalue weighted by atomic mass is 16.2. The van der Waals surface area contributed by atoms with E-state index in [1.807, 2.05) is 41.2 Å². The van der Waals surface area contributed by atoms with Gasteiger partial charge < -0.3 is 10.6 Å². The molecule has 1 atom stereocenters. The van der Waals surface area contributed by atoms with E-state index in [0.29, 0.717) is 12.6 Å². The summed E-state index contributed by atoms with van der Waals surface area (Å²) in [5.41, 5.74) is 1.98. The van der Waals surface area contributed by atoms with Crippen molar-refractivity contribution in [2.75, 3.05) is 13.1 Å². The lowest BCUT2D eigenvalue weighted by atomic mass is 10.3. The highest BCUT2D eigenvalue weighted by Crippen LogP contribution is 2.12. The van der Waals surface area contributed by atoms with Crippen LogP contribution >= 0.6 is 0 Å². The summed E-state index contributed by atoms with van der Waals surface area (Å²) in [6, 6.07) is 10.6. The van der Waals surface area contributed by atoms with Gasteiger partial charge in [-0.05, 0) is 32.4 Å². The molecule has 0 radical (unpaired) electrons. The second kappa shape index (κ2) is 7.49. The molecule has 2 aromatic rings. The van der Waals surface area contributed by atoms with Crippen LogP contribution in [0.1, 0.15) is 25.8 Å². The minimum Gasteiger partial charge on any atom is -0.334 e. The van der Waals surface area contributed by atoms with Gasteiger partial charge in [-0.2, -0.15) is 5.10 Å². The number of likely N-dealkylation sites (tertiary alicyclic amines) is 1. The number of benzene rings is 1. The van der Waals surface area contributed by atoms with Gasteiger partial charge in [-0.1, -0.05) is 18.2 Å². The molecule has 1 aromatic carbocycles. The van der Waals surface area contributed by atoms with Crippen LogP contribution in [0.15, 0.2) is 42.7 Å². The Morgan fingerprint density at radius 2 is 2.12 bits per heavy atom. The molecule has 0 saturated carbocycles. The van der Waals surface area contributed by atoms with Gasteiger partial charge in [0, 0.05) is 43.5 Å². The van der Waals surface area contributed by atoms with Crippen LogP contribution < -0.4 is 10.6 Å². The lowest BCUT2D eigenvalue weighted by Gasteiger charge is -2.20. The zero-order chi connectivity index (χ0) is 16.9. The van der Waals surface area contributed by atoms with E-state index in [0.717, 1.165) is 30.8 Å². The molecule has 1 saturated heterocycles. The van der Waals surface area contributed by atoms with Crippen molar-refractivity contribution in [3.05, 3.63) is 48.3 Å². The minimum absolute atomic E-state index is 0.113. The fourth-order valence-electron chi connectivity index (χ4n) is 2.97. The molecule has 24 heavy (non-hydrogen) atoms. The lowest BCUT2D eigenvalue weighted by Crippen LogP contribution is -2.43. The Balaban J connectivity index is 1.46. The van der Waals surface area contributed by atoms with Gasteiger partial charge in [-0.25, -0.2) is 9.48 Å². The normalized spacial score (nSPS) is 18.0. The van der Waals surface area contributed by atoms with Crippen LogP contribution in [0.3, 0.4) is 0 Å². The Morgan fingerprint density at radius 1 is 1.33 bits per heavy atom. The number of nitrogens with zero attached hydrogens (tertiary/aromatic N) is 3. The molecule has 2 N–H and O–H groups in total. The van der Waals surface area contributed by atoms with E-state index in [2.05, 4.69) is 34.5 Å². The Morgan fingerprint density at radius 3 is 2.83 bits per heavy atom. The summed E-state index contributed by atoms with van der Waals surface area (Å²) in [6.07, 6.45) is 4.73. The average molecular weight is 327 g/mol. The summed E-state index contributed by atoms with van der Waals surface area (Å²) in [4.78, 5) is 14.4. The number of urea groups is 1. The zero-order valence-electron chi connectivity index (χ0n) is 14.3. The van der Waals surface area contributed by atoms with Crippen molar-refractivity contribution < 1.29 is 4.79 Å². The molecule has 6 nitrogen and oxygen atoms in total. The van der Waals surface area contributed by atoms with E-state index >= 15 is 0 Å². The summed E-state index contributed by atoms with van der Waals surface area (Å²) >= 11 is 0. The highest BCUT2D eigenvalue weighted by molar-refractivity contribution is 5.74. The van der Waals surface area contributed by atoms with Crippen molar-refractivity contribution in [2.45, 2.75) is 38.9 Å². The predicted octanol–water partition coefficient (Wildman–Crippen LogP) is 2.15. The monoisotopic (exact) mass is 327 g/mol. The van der Waals surface area contributed by atoms with Gasteiger partial charge in [0.1, 0.15) is 0 Å². The summed E-state index contributed by atoms with van der Waals surface area (Å²) in [6.45, 7) is 6.82. The van der Waals surface area contributed by atoms with Crippen molar-refractivity contribution >= 4 is 6.03 Å². The molecular weight excluding hydrogens is 302 g/mol. The van der Waals surface area contributed by atoms with Crippen LogP contribution in [0, 0.1) is 0 Å². The fraction of sp³-hybridized carbons (Fsp3) is 0.444. The predicted molar refractivity (Wildman–Crippen MR) is 94.0 cm³/mol. The number of amides is 2. The number of rotatable bonds is 5. The van der Waals surface area contributed by atoms with E-state index < -0.39 is 0 Å². The van der Waals surface area contributed by atoms with Gasteiger partial charge in [0.05, 0.1) is 11.9 Å². The minimum atomic E-state index is -0.113. The van der Waals surface area contributed by atoms with Gasteiger partial charge in [0.15, 0.2) is 0 Å². The maximum absolute atomic E-state index is 12.1. The van der Waals surface area contributed by atoms with Crippen LogP contribution in [-0.4, -0.2) is 45.9 Å². The topological polar surface area (TPSA) is 62.2 Å². The van der Waals surface area contributed by atoms with Crippen LogP contribution in [0.2, 0.25) is 0 Å². The SMILES string of the molecule is CC(C)N1CCC(NC(=O)NCc2cnn(-c3ccccc3)c2)C1. The van der Waals surface area contributed by atoms with Crippen LogP contribution in [0.4, 0.5) is 4.79 Å². The second-order valence-corrected chi connectivity index (χ2v) is 6.53. The molecule has 1 aromatic heterocycles. The number of aromatic nitrogens is 2. The third-order valence-corrected chi connectivity index (χ3v) is 4.40. The van der Waals surface area contributed by atoms with Crippen molar-refractivity contribution in [1.29, 1.82) is 0 Å².